The Morgan fingerprint density at radius 1 is 0.545 bits per heavy atom. The Bertz CT molecular complexity index is 861. The van der Waals surface area contributed by atoms with Crippen LogP contribution < -0.4 is 0 Å². The fraction of sp³-hybridized carbons (Fsp3) is 0. The van der Waals surface area contributed by atoms with Crippen molar-refractivity contribution in [2.75, 3.05) is 0 Å². The highest BCUT2D eigenvalue weighted by atomic mass is 79.9. The number of rotatable bonds is 2. The SMILES string of the molecule is O=C(O)c1c(Br)c(Br)c2c(Br)c(Br)c(Br)c(Br)c2c1C(=O)O. The molecular formula is C12H2Br6O4. The lowest BCUT2D eigenvalue weighted by Gasteiger charge is -2.17. The van der Waals surface area contributed by atoms with Gasteiger partial charge < -0.3 is 10.2 Å². The van der Waals surface area contributed by atoms with Crippen LogP contribution in [0.1, 0.15) is 20.7 Å². The van der Waals surface area contributed by atoms with E-state index in [1.54, 1.807) is 0 Å². The van der Waals surface area contributed by atoms with Gasteiger partial charge in [-0.3, -0.25) is 0 Å². The predicted octanol–water partition coefficient (Wildman–Crippen LogP) is 6.81. The molecule has 0 aromatic heterocycles. The first-order valence-corrected chi connectivity index (χ1v) is 10.00. The van der Waals surface area contributed by atoms with Gasteiger partial charge in [0.25, 0.3) is 0 Å². The number of aromatic carboxylic acids is 2. The molecule has 0 unspecified atom stereocenters. The van der Waals surface area contributed by atoms with E-state index in [4.69, 9.17) is 0 Å². The average molecular weight is 690 g/mol. The zero-order chi connectivity index (χ0) is 16.9. The number of hydrogen-bond acceptors (Lipinski definition) is 2. The lowest BCUT2D eigenvalue weighted by atomic mass is 9.99. The maximum Gasteiger partial charge on any atom is 0.337 e. The van der Waals surface area contributed by atoms with Crippen molar-refractivity contribution in [2.24, 2.45) is 0 Å². The standard InChI is InChI=1S/C12H2Br6O4/c13-5-1-2(11(19)20)4(12(21)22)8(16)6(14)3(1)7(15)10(18)9(5)17/h(H,19,20)(H,21,22). The summed E-state index contributed by atoms with van der Waals surface area (Å²) in [6, 6.07) is 0. The highest BCUT2D eigenvalue weighted by molar-refractivity contribution is 9.15. The Balaban J connectivity index is 3.31. The highest BCUT2D eigenvalue weighted by Crippen LogP contribution is 2.50. The van der Waals surface area contributed by atoms with Crippen molar-refractivity contribution in [3.05, 3.63) is 38.0 Å². The highest BCUT2D eigenvalue weighted by Gasteiger charge is 2.29. The number of benzene rings is 2. The number of carboxylic acid groups (broad SMARTS) is 2. The van der Waals surface area contributed by atoms with Crippen molar-refractivity contribution in [3.8, 4) is 0 Å². The Hall–Kier alpha value is 0.520. The fourth-order valence-electron chi connectivity index (χ4n) is 1.94. The third-order valence-electron chi connectivity index (χ3n) is 2.83. The number of fused-ring (bicyclic) bond motifs is 1. The van der Waals surface area contributed by atoms with Crippen LogP contribution in [0.15, 0.2) is 26.8 Å². The first-order valence-electron chi connectivity index (χ1n) is 5.24. The first-order chi connectivity index (χ1) is 10.1. The summed E-state index contributed by atoms with van der Waals surface area (Å²) in [7, 11) is 0. The molecule has 0 saturated heterocycles. The second-order valence-corrected chi connectivity index (χ2v) is 8.75. The van der Waals surface area contributed by atoms with E-state index in [0.29, 0.717) is 27.7 Å². The molecule has 0 amide bonds. The van der Waals surface area contributed by atoms with Crippen molar-refractivity contribution in [1.82, 2.24) is 0 Å². The molecule has 2 aromatic carbocycles. The summed E-state index contributed by atoms with van der Waals surface area (Å²) in [6.07, 6.45) is 0. The largest absolute Gasteiger partial charge is 0.478 e. The average Bonchev–Trinajstić information content (AvgIpc) is 2.44. The molecule has 0 aliphatic carbocycles. The molecule has 0 fully saturated rings. The van der Waals surface area contributed by atoms with Crippen LogP contribution in [0.2, 0.25) is 0 Å². The van der Waals surface area contributed by atoms with Gasteiger partial charge >= 0.3 is 11.9 Å². The van der Waals surface area contributed by atoms with Crippen LogP contribution >= 0.6 is 95.6 Å². The third kappa shape index (κ3) is 2.83. The molecule has 2 N–H and O–H groups in total. The van der Waals surface area contributed by atoms with Gasteiger partial charge in [-0.05, 0) is 95.6 Å². The molecule has 0 atom stereocenters. The van der Waals surface area contributed by atoms with E-state index in [2.05, 4.69) is 95.6 Å². The van der Waals surface area contributed by atoms with E-state index >= 15 is 0 Å². The van der Waals surface area contributed by atoms with Gasteiger partial charge in [0.1, 0.15) is 0 Å². The van der Waals surface area contributed by atoms with Gasteiger partial charge in [-0.25, -0.2) is 9.59 Å². The molecular weight excluding hydrogens is 688 g/mol. The minimum absolute atomic E-state index is 0.159. The van der Waals surface area contributed by atoms with E-state index < -0.39 is 11.9 Å². The van der Waals surface area contributed by atoms with Crippen molar-refractivity contribution >= 4 is 118 Å². The first kappa shape index (κ1) is 18.9. The molecule has 0 bridgehead atoms. The number of hydrogen-bond donors (Lipinski definition) is 2. The monoisotopic (exact) mass is 684 g/mol. The van der Waals surface area contributed by atoms with Gasteiger partial charge in [-0.1, -0.05) is 0 Å². The summed E-state index contributed by atoms with van der Waals surface area (Å²) in [5.41, 5.74) is -0.632. The molecule has 0 saturated carbocycles. The van der Waals surface area contributed by atoms with Crippen molar-refractivity contribution in [2.45, 2.75) is 0 Å². The normalized spacial score (nSPS) is 11.0. The molecule has 0 radical (unpaired) electrons. The van der Waals surface area contributed by atoms with Crippen LogP contribution in [0.25, 0.3) is 10.8 Å². The summed E-state index contributed by atoms with van der Waals surface area (Å²) < 4.78 is 2.85. The quantitative estimate of drug-likeness (QED) is 0.269. The molecule has 116 valence electrons. The topological polar surface area (TPSA) is 74.6 Å². The molecule has 0 aliphatic heterocycles. The third-order valence-corrected chi connectivity index (χ3v) is 9.71. The molecule has 10 heteroatoms. The van der Waals surface area contributed by atoms with Crippen molar-refractivity contribution in [1.29, 1.82) is 0 Å². The summed E-state index contributed by atoms with van der Waals surface area (Å²) >= 11 is 20.0. The second kappa shape index (κ2) is 6.79. The second-order valence-electron chi connectivity index (χ2n) is 3.99. The van der Waals surface area contributed by atoms with Gasteiger partial charge in [-0.15, -0.1) is 0 Å². The van der Waals surface area contributed by atoms with Crippen molar-refractivity contribution < 1.29 is 19.8 Å². The lowest BCUT2D eigenvalue weighted by Crippen LogP contribution is -2.11. The number of halogens is 6. The summed E-state index contributed by atoms with van der Waals surface area (Å²) in [5.74, 6) is -2.67. The van der Waals surface area contributed by atoms with E-state index in [-0.39, 0.29) is 21.0 Å². The Morgan fingerprint density at radius 2 is 0.909 bits per heavy atom. The Morgan fingerprint density at radius 3 is 1.32 bits per heavy atom. The Kier molecular flexibility index (Phi) is 5.82. The lowest BCUT2D eigenvalue weighted by molar-refractivity contribution is 0.0652. The predicted molar refractivity (Wildman–Crippen MR) is 104 cm³/mol. The van der Waals surface area contributed by atoms with Crippen LogP contribution in [0.5, 0.6) is 0 Å². The van der Waals surface area contributed by atoms with Crippen molar-refractivity contribution in [3.63, 3.8) is 0 Å². The number of carboxylic acids is 2. The molecule has 0 aliphatic rings. The van der Waals surface area contributed by atoms with Gasteiger partial charge in [0.2, 0.25) is 0 Å². The molecule has 0 heterocycles. The zero-order valence-corrected chi connectivity index (χ0v) is 19.5. The summed E-state index contributed by atoms with van der Waals surface area (Å²) in [5, 5.41) is 19.7. The van der Waals surface area contributed by atoms with Crippen LogP contribution in [0, 0.1) is 0 Å². The molecule has 2 aromatic rings. The maximum atomic E-state index is 11.7. The fourth-order valence-corrected chi connectivity index (χ4v) is 5.88. The van der Waals surface area contributed by atoms with Crippen LogP contribution in [0.4, 0.5) is 0 Å². The smallest absolute Gasteiger partial charge is 0.337 e. The Labute approximate surface area is 174 Å². The van der Waals surface area contributed by atoms with E-state index in [1.807, 2.05) is 0 Å². The van der Waals surface area contributed by atoms with Crippen LogP contribution in [-0.4, -0.2) is 22.2 Å². The van der Waals surface area contributed by atoms with E-state index in [1.165, 1.54) is 0 Å². The molecule has 22 heavy (non-hydrogen) atoms. The minimum Gasteiger partial charge on any atom is -0.478 e. The van der Waals surface area contributed by atoms with Crippen LogP contribution in [-0.2, 0) is 0 Å². The summed E-state index contributed by atoms with van der Waals surface area (Å²) in [4.78, 5) is 23.2. The van der Waals surface area contributed by atoms with Crippen LogP contribution in [0.3, 0.4) is 0 Å². The minimum atomic E-state index is -1.34. The molecule has 0 spiro atoms. The van der Waals surface area contributed by atoms with E-state index in [9.17, 15) is 19.8 Å². The summed E-state index contributed by atoms with van der Waals surface area (Å²) in [6.45, 7) is 0. The van der Waals surface area contributed by atoms with Gasteiger partial charge in [0, 0.05) is 37.6 Å². The van der Waals surface area contributed by atoms with Gasteiger partial charge in [-0.2, -0.15) is 0 Å². The zero-order valence-electron chi connectivity index (χ0n) is 9.98. The molecule has 2 rings (SSSR count). The molecule has 4 nitrogen and oxygen atoms in total. The number of carbonyl (C=O) groups is 2. The van der Waals surface area contributed by atoms with Gasteiger partial charge in [0.05, 0.1) is 11.1 Å². The van der Waals surface area contributed by atoms with Gasteiger partial charge in [0.15, 0.2) is 0 Å². The maximum absolute atomic E-state index is 11.7. The van der Waals surface area contributed by atoms with E-state index in [0.717, 1.165) is 0 Å².